The van der Waals surface area contributed by atoms with E-state index in [0.717, 1.165) is 6.42 Å². The molecule has 16 heavy (non-hydrogen) atoms. The summed E-state index contributed by atoms with van der Waals surface area (Å²) in [6.45, 7) is 3.61. The number of rotatable bonds is 9. The highest BCUT2D eigenvalue weighted by atomic mass is 16.4. The summed E-state index contributed by atoms with van der Waals surface area (Å²) in [5.41, 5.74) is 0. The summed E-state index contributed by atoms with van der Waals surface area (Å²) >= 11 is 0. The van der Waals surface area contributed by atoms with Crippen molar-refractivity contribution in [3.63, 3.8) is 0 Å². The molecular formula is C10H20N2O4. The summed E-state index contributed by atoms with van der Waals surface area (Å²) < 4.78 is 0. The topological polar surface area (TPSA) is 89.9 Å². The molecule has 0 aromatic heterocycles. The van der Waals surface area contributed by atoms with E-state index in [1.165, 1.54) is 6.92 Å². The number of aliphatic hydroxyl groups is 1. The van der Waals surface area contributed by atoms with Crippen LogP contribution in [-0.2, 0) is 9.59 Å². The highest BCUT2D eigenvalue weighted by Gasteiger charge is 2.06. The van der Waals surface area contributed by atoms with Crippen molar-refractivity contribution in [1.82, 2.24) is 10.2 Å². The van der Waals surface area contributed by atoms with Crippen LogP contribution in [0.25, 0.3) is 0 Å². The van der Waals surface area contributed by atoms with Crippen molar-refractivity contribution in [3.8, 4) is 0 Å². The predicted molar refractivity (Wildman–Crippen MR) is 59.1 cm³/mol. The molecule has 0 bridgehead atoms. The van der Waals surface area contributed by atoms with E-state index in [1.54, 1.807) is 0 Å². The molecular weight excluding hydrogens is 212 g/mol. The van der Waals surface area contributed by atoms with Gasteiger partial charge >= 0.3 is 5.97 Å². The van der Waals surface area contributed by atoms with Crippen molar-refractivity contribution in [2.45, 2.75) is 19.8 Å². The standard InChI is InChI=1S/C10H20N2O4/c1-9(14)11-4-2-5-12(7-8-13)6-3-10(15)16/h13H,2-8H2,1H3,(H,11,14)(H,15,16). The number of nitrogens with one attached hydrogen (secondary N) is 1. The van der Waals surface area contributed by atoms with Gasteiger partial charge in [-0.05, 0) is 13.0 Å². The average molecular weight is 232 g/mol. The van der Waals surface area contributed by atoms with Crippen LogP contribution < -0.4 is 5.32 Å². The lowest BCUT2D eigenvalue weighted by atomic mass is 10.3. The molecule has 94 valence electrons. The SMILES string of the molecule is CC(=O)NCCCN(CCO)CCC(=O)O. The van der Waals surface area contributed by atoms with Crippen molar-refractivity contribution >= 4 is 11.9 Å². The first kappa shape index (κ1) is 14.9. The number of carboxylic acid groups (broad SMARTS) is 1. The Labute approximate surface area is 95.2 Å². The highest BCUT2D eigenvalue weighted by molar-refractivity contribution is 5.72. The minimum atomic E-state index is -0.843. The summed E-state index contributed by atoms with van der Waals surface area (Å²) in [6.07, 6.45) is 0.819. The van der Waals surface area contributed by atoms with Gasteiger partial charge in [0.2, 0.25) is 5.91 Å². The summed E-state index contributed by atoms with van der Waals surface area (Å²) in [6, 6.07) is 0. The van der Waals surface area contributed by atoms with Crippen LogP contribution in [0.2, 0.25) is 0 Å². The lowest BCUT2D eigenvalue weighted by molar-refractivity contribution is -0.137. The number of hydrogen-bond acceptors (Lipinski definition) is 4. The van der Waals surface area contributed by atoms with Gasteiger partial charge in [-0.2, -0.15) is 0 Å². The van der Waals surface area contributed by atoms with Crippen LogP contribution in [-0.4, -0.2) is 59.8 Å². The maximum Gasteiger partial charge on any atom is 0.304 e. The highest BCUT2D eigenvalue weighted by Crippen LogP contribution is 1.94. The third kappa shape index (κ3) is 9.42. The number of aliphatic hydroxyl groups excluding tert-OH is 1. The predicted octanol–water partition coefficient (Wildman–Crippen LogP) is -0.718. The van der Waals surface area contributed by atoms with Gasteiger partial charge in [0.05, 0.1) is 13.0 Å². The molecule has 0 heterocycles. The molecule has 0 aliphatic rings. The van der Waals surface area contributed by atoms with Crippen LogP contribution >= 0.6 is 0 Å². The largest absolute Gasteiger partial charge is 0.481 e. The number of nitrogens with zero attached hydrogens (tertiary/aromatic N) is 1. The van der Waals surface area contributed by atoms with Gasteiger partial charge in [-0.25, -0.2) is 0 Å². The Morgan fingerprint density at radius 1 is 1.25 bits per heavy atom. The van der Waals surface area contributed by atoms with Crippen LogP contribution in [0.4, 0.5) is 0 Å². The Morgan fingerprint density at radius 3 is 2.44 bits per heavy atom. The molecule has 6 nitrogen and oxygen atoms in total. The zero-order chi connectivity index (χ0) is 12.4. The van der Waals surface area contributed by atoms with Crippen molar-refractivity contribution in [3.05, 3.63) is 0 Å². The number of hydrogen-bond donors (Lipinski definition) is 3. The Kier molecular flexibility index (Phi) is 8.46. The number of amides is 1. The molecule has 0 atom stereocenters. The quantitative estimate of drug-likeness (QED) is 0.457. The maximum atomic E-state index is 10.6. The molecule has 0 aromatic carbocycles. The smallest absolute Gasteiger partial charge is 0.304 e. The van der Waals surface area contributed by atoms with Crippen LogP contribution in [0.3, 0.4) is 0 Å². The summed E-state index contributed by atoms with van der Waals surface area (Å²) in [5, 5.41) is 20.0. The molecule has 3 N–H and O–H groups in total. The van der Waals surface area contributed by atoms with Crippen LogP contribution in [0.1, 0.15) is 19.8 Å². The van der Waals surface area contributed by atoms with E-state index in [1.807, 2.05) is 4.90 Å². The zero-order valence-electron chi connectivity index (χ0n) is 9.61. The number of carboxylic acids is 1. The first-order valence-corrected chi connectivity index (χ1v) is 5.35. The van der Waals surface area contributed by atoms with Gasteiger partial charge in [0.15, 0.2) is 0 Å². The number of carbonyl (C=O) groups excluding carboxylic acids is 1. The zero-order valence-corrected chi connectivity index (χ0v) is 9.61. The van der Waals surface area contributed by atoms with E-state index in [9.17, 15) is 9.59 Å². The van der Waals surface area contributed by atoms with Crippen molar-refractivity contribution in [2.24, 2.45) is 0 Å². The van der Waals surface area contributed by atoms with E-state index in [-0.39, 0.29) is 18.9 Å². The lowest BCUT2D eigenvalue weighted by Crippen LogP contribution is -2.32. The molecule has 0 aromatic rings. The maximum absolute atomic E-state index is 10.6. The fourth-order valence-electron chi connectivity index (χ4n) is 1.30. The lowest BCUT2D eigenvalue weighted by Gasteiger charge is -2.20. The monoisotopic (exact) mass is 232 g/mol. The third-order valence-corrected chi connectivity index (χ3v) is 2.08. The Balaban J connectivity index is 3.66. The first-order chi connectivity index (χ1) is 7.56. The number of carbonyl (C=O) groups is 2. The van der Waals surface area contributed by atoms with Crippen molar-refractivity contribution in [2.75, 3.05) is 32.8 Å². The Morgan fingerprint density at radius 2 is 1.94 bits per heavy atom. The minimum absolute atomic E-state index is 0.0136. The molecule has 0 saturated carbocycles. The van der Waals surface area contributed by atoms with Crippen molar-refractivity contribution < 1.29 is 19.8 Å². The molecule has 0 rings (SSSR count). The van der Waals surface area contributed by atoms with E-state index < -0.39 is 5.97 Å². The average Bonchev–Trinajstić information content (AvgIpc) is 2.20. The molecule has 0 aliphatic heterocycles. The minimum Gasteiger partial charge on any atom is -0.481 e. The molecule has 0 saturated heterocycles. The summed E-state index contributed by atoms with van der Waals surface area (Å²) in [7, 11) is 0. The van der Waals surface area contributed by atoms with E-state index in [0.29, 0.717) is 26.2 Å². The third-order valence-electron chi connectivity index (χ3n) is 2.08. The summed E-state index contributed by atoms with van der Waals surface area (Å²) in [5.74, 6) is -0.913. The fourth-order valence-corrected chi connectivity index (χ4v) is 1.30. The van der Waals surface area contributed by atoms with Crippen LogP contribution in [0, 0.1) is 0 Å². The Hall–Kier alpha value is -1.14. The molecule has 0 fully saturated rings. The second-order valence-electron chi connectivity index (χ2n) is 3.55. The normalized spacial score (nSPS) is 10.4. The van der Waals surface area contributed by atoms with Gasteiger partial charge < -0.3 is 20.4 Å². The second-order valence-corrected chi connectivity index (χ2v) is 3.55. The van der Waals surface area contributed by atoms with Crippen LogP contribution in [0.15, 0.2) is 0 Å². The number of aliphatic carboxylic acids is 1. The second kappa shape index (κ2) is 9.11. The summed E-state index contributed by atoms with van der Waals surface area (Å²) in [4.78, 5) is 22.8. The molecule has 0 unspecified atom stereocenters. The molecule has 6 heteroatoms. The van der Waals surface area contributed by atoms with Gasteiger partial charge in [0, 0.05) is 26.6 Å². The first-order valence-electron chi connectivity index (χ1n) is 5.35. The van der Waals surface area contributed by atoms with Gasteiger partial charge in [0.1, 0.15) is 0 Å². The van der Waals surface area contributed by atoms with Crippen LogP contribution in [0.5, 0.6) is 0 Å². The van der Waals surface area contributed by atoms with E-state index in [2.05, 4.69) is 5.32 Å². The van der Waals surface area contributed by atoms with Crippen molar-refractivity contribution in [1.29, 1.82) is 0 Å². The molecule has 0 radical (unpaired) electrons. The van der Waals surface area contributed by atoms with E-state index in [4.69, 9.17) is 10.2 Å². The van der Waals surface area contributed by atoms with Gasteiger partial charge in [-0.3, -0.25) is 9.59 Å². The van der Waals surface area contributed by atoms with Gasteiger partial charge in [0.25, 0.3) is 0 Å². The molecule has 0 spiro atoms. The Bertz CT molecular complexity index is 221. The molecule has 0 aliphatic carbocycles. The van der Waals surface area contributed by atoms with E-state index >= 15 is 0 Å². The van der Waals surface area contributed by atoms with Gasteiger partial charge in [-0.1, -0.05) is 0 Å². The molecule has 1 amide bonds. The fraction of sp³-hybridized carbons (Fsp3) is 0.800. The van der Waals surface area contributed by atoms with Gasteiger partial charge in [-0.15, -0.1) is 0 Å².